The number of piperidine rings is 1. The number of Topliss-reactive ketones (excluding diaryl/α,β-unsaturated/α-hetero) is 1. The number of nitrogens with two attached hydrogens (primary N) is 1. The summed E-state index contributed by atoms with van der Waals surface area (Å²) in [5.74, 6) is -1.57. The van der Waals surface area contributed by atoms with Crippen molar-refractivity contribution in [3.8, 4) is 0 Å². The summed E-state index contributed by atoms with van der Waals surface area (Å²) in [7, 11) is 0. The smallest absolute Gasteiger partial charge is 0.248 e. The molecule has 2 N–H and O–H groups in total. The van der Waals surface area contributed by atoms with E-state index >= 15 is 0 Å². The Labute approximate surface area is 177 Å². The van der Waals surface area contributed by atoms with E-state index in [9.17, 15) is 9.59 Å². The van der Waals surface area contributed by atoms with Crippen LogP contribution in [0.2, 0.25) is 5.02 Å². The van der Waals surface area contributed by atoms with Gasteiger partial charge in [0.25, 0.3) is 0 Å². The molecule has 3 aromatic rings. The molecule has 0 bridgehead atoms. The summed E-state index contributed by atoms with van der Waals surface area (Å²) in [5.41, 5.74) is 7.62. The van der Waals surface area contributed by atoms with Crippen molar-refractivity contribution < 1.29 is 9.59 Å². The van der Waals surface area contributed by atoms with Gasteiger partial charge >= 0.3 is 0 Å². The van der Waals surface area contributed by atoms with Gasteiger partial charge in [0.05, 0.1) is 0 Å². The van der Waals surface area contributed by atoms with Crippen molar-refractivity contribution in [1.29, 1.82) is 0 Å². The number of halogens is 1. The van der Waals surface area contributed by atoms with Crippen LogP contribution in [0.15, 0.2) is 65.4 Å². The monoisotopic (exact) mass is 428 g/mol. The Morgan fingerprint density at radius 1 is 1.11 bits per heavy atom. The number of nitrogens with zero attached hydrogens (tertiary/aromatic N) is 1. The second-order valence-electron chi connectivity index (χ2n) is 6.75. The zero-order valence-corrected chi connectivity index (χ0v) is 17.2. The lowest BCUT2D eigenvalue weighted by Gasteiger charge is -2.46. The Hall–Kier alpha value is -2.28. The molecule has 2 atom stereocenters. The van der Waals surface area contributed by atoms with Crippen molar-refractivity contribution in [2.24, 2.45) is 0 Å². The van der Waals surface area contributed by atoms with Gasteiger partial charge in [-0.3, -0.25) is 13.9 Å². The number of ketones is 1. The van der Waals surface area contributed by atoms with Gasteiger partial charge in [0.2, 0.25) is 5.91 Å². The summed E-state index contributed by atoms with van der Waals surface area (Å²) in [6.45, 7) is 0. The second kappa shape index (κ2) is 7.28. The normalized spacial score (nSPS) is 22.5. The summed E-state index contributed by atoms with van der Waals surface area (Å²) < 4.78 is 1.37. The largest absolute Gasteiger partial charge is 0.399 e. The number of thiophene rings is 1. The third-order valence-corrected chi connectivity index (χ3v) is 6.71. The van der Waals surface area contributed by atoms with Gasteiger partial charge in [-0.25, -0.2) is 0 Å². The molecule has 0 radical (unpaired) electrons. The third-order valence-electron chi connectivity index (χ3n) is 5.15. The third kappa shape index (κ3) is 2.92. The molecule has 2 unspecified atom stereocenters. The summed E-state index contributed by atoms with van der Waals surface area (Å²) in [4.78, 5) is 26.7. The lowest BCUT2D eigenvalue weighted by atomic mass is 9.73. The van der Waals surface area contributed by atoms with Gasteiger partial charge in [-0.2, -0.15) is 11.3 Å². The van der Waals surface area contributed by atoms with Crippen LogP contribution in [0.1, 0.15) is 29.0 Å². The fraction of sp³-hybridized carbons (Fsp3) is 0.143. The molecular formula is C21H17ClN2O2S2. The number of nitrogen functional groups attached to an aromatic ring is 1. The van der Waals surface area contributed by atoms with E-state index in [0.717, 1.165) is 11.1 Å². The summed E-state index contributed by atoms with van der Waals surface area (Å²) in [5, 5.41) is 4.24. The van der Waals surface area contributed by atoms with E-state index in [0.29, 0.717) is 16.3 Å². The van der Waals surface area contributed by atoms with Crippen molar-refractivity contribution in [1.82, 2.24) is 4.31 Å². The topological polar surface area (TPSA) is 63.4 Å². The number of amides is 1. The fourth-order valence-electron chi connectivity index (χ4n) is 3.80. The minimum Gasteiger partial charge on any atom is -0.399 e. The van der Waals surface area contributed by atoms with Gasteiger partial charge in [0.1, 0.15) is 11.5 Å². The molecule has 1 aromatic heterocycles. The van der Waals surface area contributed by atoms with E-state index in [1.54, 1.807) is 36.4 Å². The SMILES string of the molecule is Nc1cccc(C2(c3ccsc3)CC(=O)C(c3ccccc3Cl)C(=O)N2S)c1. The highest BCUT2D eigenvalue weighted by Gasteiger charge is 2.52. The first-order valence-electron chi connectivity index (χ1n) is 8.64. The molecule has 1 aliphatic rings. The van der Waals surface area contributed by atoms with Crippen LogP contribution in [0.3, 0.4) is 0 Å². The van der Waals surface area contributed by atoms with Crippen LogP contribution in [-0.2, 0) is 15.1 Å². The highest BCUT2D eigenvalue weighted by atomic mass is 35.5. The van der Waals surface area contributed by atoms with Gasteiger partial charge in [0, 0.05) is 17.1 Å². The van der Waals surface area contributed by atoms with E-state index < -0.39 is 17.4 Å². The predicted octanol–water partition coefficient (Wildman–Crippen LogP) is 4.66. The Kier molecular flexibility index (Phi) is 4.95. The lowest BCUT2D eigenvalue weighted by Crippen LogP contribution is -2.54. The maximum absolute atomic E-state index is 13.4. The van der Waals surface area contributed by atoms with Crippen LogP contribution in [0.4, 0.5) is 5.69 Å². The molecule has 1 aliphatic heterocycles. The second-order valence-corrected chi connectivity index (χ2v) is 8.33. The summed E-state index contributed by atoms with van der Waals surface area (Å²) >= 11 is 12.4. The molecule has 28 heavy (non-hydrogen) atoms. The molecule has 2 heterocycles. The highest BCUT2D eigenvalue weighted by Crippen LogP contribution is 2.48. The van der Waals surface area contributed by atoms with Gasteiger partial charge in [-0.15, -0.1) is 0 Å². The number of thiol groups is 1. The van der Waals surface area contributed by atoms with E-state index in [1.807, 2.05) is 29.0 Å². The number of anilines is 1. The number of hydrogen-bond donors (Lipinski definition) is 2. The van der Waals surface area contributed by atoms with Crippen molar-refractivity contribution in [3.05, 3.63) is 87.1 Å². The van der Waals surface area contributed by atoms with Crippen molar-refractivity contribution in [3.63, 3.8) is 0 Å². The number of benzene rings is 2. The van der Waals surface area contributed by atoms with Gasteiger partial charge in [0.15, 0.2) is 5.78 Å². The van der Waals surface area contributed by atoms with Crippen LogP contribution in [0.5, 0.6) is 0 Å². The quantitative estimate of drug-likeness (QED) is 0.362. The molecule has 0 aliphatic carbocycles. The minimum atomic E-state index is -1.02. The molecule has 2 aromatic carbocycles. The average Bonchev–Trinajstić information content (AvgIpc) is 3.21. The maximum atomic E-state index is 13.4. The standard InChI is InChI=1S/C21H17ClN2O2S2/c22-17-7-2-1-6-16(17)19-18(25)11-21(24(27)20(19)26,14-8-9-28-12-14)13-4-3-5-15(23)10-13/h1-10,12,19,27H,11,23H2. The minimum absolute atomic E-state index is 0.0817. The first kappa shape index (κ1) is 19.1. The van der Waals surface area contributed by atoms with Gasteiger partial charge < -0.3 is 5.73 Å². The van der Waals surface area contributed by atoms with Crippen LogP contribution in [0, 0.1) is 0 Å². The van der Waals surface area contributed by atoms with E-state index in [2.05, 4.69) is 12.8 Å². The van der Waals surface area contributed by atoms with Crippen molar-refractivity contribution >= 4 is 53.1 Å². The fourth-order valence-corrected chi connectivity index (χ4v) is 5.19. The van der Waals surface area contributed by atoms with E-state index in [1.165, 1.54) is 15.6 Å². The first-order valence-corrected chi connectivity index (χ1v) is 10.4. The van der Waals surface area contributed by atoms with Crippen LogP contribution in [-0.4, -0.2) is 16.0 Å². The van der Waals surface area contributed by atoms with E-state index in [-0.39, 0.29) is 12.2 Å². The Bertz CT molecular complexity index is 1050. The molecule has 1 amide bonds. The average molecular weight is 429 g/mol. The van der Waals surface area contributed by atoms with Crippen molar-refractivity contribution in [2.45, 2.75) is 17.9 Å². The molecule has 1 fully saturated rings. The Morgan fingerprint density at radius 3 is 2.57 bits per heavy atom. The van der Waals surface area contributed by atoms with Crippen LogP contribution in [0.25, 0.3) is 0 Å². The van der Waals surface area contributed by atoms with Gasteiger partial charge in [-0.05, 0) is 51.7 Å². The molecule has 7 heteroatoms. The number of rotatable bonds is 3. The predicted molar refractivity (Wildman–Crippen MR) is 116 cm³/mol. The number of hydrogen-bond acceptors (Lipinski definition) is 5. The zero-order chi connectivity index (χ0) is 19.9. The van der Waals surface area contributed by atoms with Gasteiger partial charge in [-0.1, -0.05) is 54.7 Å². The van der Waals surface area contributed by atoms with Crippen molar-refractivity contribution in [2.75, 3.05) is 5.73 Å². The van der Waals surface area contributed by atoms with Crippen LogP contribution >= 0.6 is 35.8 Å². The highest BCUT2D eigenvalue weighted by molar-refractivity contribution is 7.78. The Balaban J connectivity index is 1.88. The Morgan fingerprint density at radius 2 is 1.89 bits per heavy atom. The van der Waals surface area contributed by atoms with Crippen LogP contribution < -0.4 is 5.73 Å². The lowest BCUT2D eigenvalue weighted by molar-refractivity contribution is -0.142. The number of carbonyl (C=O) groups is 2. The maximum Gasteiger partial charge on any atom is 0.248 e. The molecular weight excluding hydrogens is 412 g/mol. The molecule has 0 saturated carbocycles. The molecule has 4 nitrogen and oxygen atoms in total. The number of carbonyl (C=O) groups excluding carboxylic acids is 2. The zero-order valence-electron chi connectivity index (χ0n) is 14.7. The molecule has 1 saturated heterocycles. The molecule has 142 valence electrons. The van der Waals surface area contributed by atoms with E-state index in [4.69, 9.17) is 17.3 Å². The molecule has 0 spiro atoms. The molecule has 4 rings (SSSR count). The first-order chi connectivity index (χ1) is 13.4. The summed E-state index contributed by atoms with van der Waals surface area (Å²) in [6, 6.07) is 16.1. The summed E-state index contributed by atoms with van der Waals surface area (Å²) in [6.07, 6.45) is 0.0817.